The molecule has 1 aliphatic rings. The van der Waals surface area contributed by atoms with Gasteiger partial charge in [0.05, 0.1) is 0 Å². The predicted octanol–water partition coefficient (Wildman–Crippen LogP) is 3.03. The van der Waals surface area contributed by atoms with Crippen LogP contribution < -0.4 is 5.32 Å². The molecule has 82 valence electrons. The van der Waals surface area contributed by atoms with Crippen LogP contribution in [0.15, 0.2) is 18.2 Å². The molecule has 0 saturated carbocycles. The number of hydrogen-bond donors (Lipinski definition) is 1. The molecule has 1 aliphatic heterocycles. The van der Waals surface area contributed by atoms with Crippen molar-refractivity contribution in [3.8, 4) is 0 Å². The molecule has 3 heteroatoms. The van der Waals surface area contributed by atoms with Gasteiger partial charge in [0.25, 0.3) is 0 Å². The third-order valence-electron chi connectivity index (χ3n) is 3.01. The molecule has 0 bridgehead atoms. The summed E-state index contributed by atoms with van der Waals surface area (Å²) >= 11 is 0. The van der Waals surface area contributed by atoms with Gasteiger partial charge in [-0.05, 0) is 43.0 Å². The molecule has 1 saturated heterocycles. The van der Waals surface area contributed by atoms with Gasteiger partial charge in [-0.25, -0.2) is 8.78 Å². The van der Waals surface area contributed by atoms with Crippen LogP contribution in [-0.2, 0) is 0 Å². The fraction of sp³-hybridized carbons (Fsp3) is 0.500. The average Bonchev–Trinajstić information content (AvgIpc) is 2.16. The Labute approximate surface area is 88.5 Å². The van der Waals surface area contributed by atoms with Gasteiger partial charge < -0.3 is 5.32 Å². The van der Waals surface area contributed by atoms with Crippen LogP contribution >= 0.6 is 0 Å². The Kier molecular flexibility index (Phi) is 3.00. The molecule has 0 radical (unpaired) electrons. The van der Waals surface area contributed by atoms with Crippen LogP contribution in [0.2, 0.25) is 0 Å². The summed E-state index contributed by atoms with van der Waals surface area (Å²) in [5.41, 5.74) is 0.722. The van der Waals surface area contributed by atoms with Crippen molar-refractivity contribution in [2.24, 2.45) is 5.92 Å². The highest BCUT2D eigenvalue weighted by Gasteiger charge is 2.23. The third-order valence-corrected chi connectivity index (χ3v) is 3.01. The first-order chi connectivity index (χ1) is 7.16. The summed E-state index contributed by atoms with van der Waals surface area (Å²) in [6.07, 6.45) is 2.24. The number of halogens is 2. The Morgan fingerprint density at radius 1 is 1.20 bits per heavy atom. The number of rotatable bonds is 1. The maximum absolute atomic E-state index is 13.0. The van der Waals surface area contributed by atoms with Crippen molar-refractivity contribution >= 4 is 0 Å². The van der Waals surface area contributed by atoms with Gasteiger partial charge in [-0.1, -0.05) is 6.92 Å². The van der Waals surface area contributed by atoms with Crippen molar-refractivity contribution in [2.45, 2.75) is 25.8 Å². The van der Waals surface area contributed by atoms with Crippen LogP contribution in [0.1, 0.15) is 31.4 Å². The number of hydrogen-bond acceptors (Lipinski definition) is 1. The highest BCUT2D eigenvalue weighted by atomic mass is 19.1. The lowest BCUT2D eigenvalue weighted by Gasteiger charge is -2.30. The lowest BCUT2D eigenvalue weighted by Crippen LogP contribution is -2.32. The topological polar surface area (TPSA) is 12.0 Å². The molecular formula is C12H15F2N. The maximum atomic E-state index is 13.0. The summed E-state index contributed by atoms with van der Waals surface area (Å²) < 4.78 is 26.1. The molecule has 15 heavy (non-hydrogen) atoms. The Balaban J connectivity index is 2.27. The van der Waals surface area contributed by atoms with Crippen molar-refractivity contribution in [1.29, 1.82) is 0 Å². The lowest BCUT2D eigenvalue weighted by molar-refractivity contribution is 0.304. The minimum Gasteiger partial charge on any atom is -0.310 e. The van der Waals surface area contributed by atoms with Gasteiger partial charge in [0.2, 0.25) is 0 Å². The Morgan fingerprint density at radius 3 is 2.47 bits per heavy atom. The van der Waals surface area contributed by atoms with E-state index < -0.39 is 11.6 Å². The molecule has 1 fully saturated rings. The van der Waals surface area contributed by atoms with Crippen molar-refractivity contribution in [1.82, 2.24) is 5.32 Å². The van der Waals surface area contributed by atoms with Gasteiger partial charge in [-0.2, -0.15) is 0 Å². The first-order valence-electron chi connectivity index (χ1n) is 5.36. The van der Waals surface area contributed by atoms with Crippen LogP contribution in [0.25, 0.3) is 0 Å². The van der Waals surface area contributed by atoms with E-state index in [1.165, 1.54) is 12.1 Å². The normalized spacial score (nSPS) is 26.6. The summed E-state index contributed by atoms with van der Waals surface area (Å²) in [4.78, 5) is 0. The molecule has 0 aliphatic carbocycles. The van der Waals surface area contributed by atoms with E-state index in [1.54, 1.807) is 0 Å². The van der Waals surface area contributed by atoms with E-state index in [9.17, 15) is 8.78 Å². The largest absolute Gasteiger partial charge is 0.310 e. The Morgan fingerprint density at radius 2 is 1.87 bits per heavy atom. The van der Waals surface area contributed by atoms with Crippen LogP contribution in [0.4, 0.5) is 8.78 Å². The van der Waals surface area contributed by atoms with E-state index in [0.717, 1.165) is 31.0 Å². The standard InChI is InChI=1S/C12H15F2N/c1-8-3-2-4-15-12(8)9-5-10(13)7-11(14)6-9/h5-8,12,15H,2-4H2,1H3. The van der Waals surface area contributed by atoms with Crippen molar-refractivity contribution in [3.63, 3.8) is 0 Å². The van der Waals surface area contributed by atoms with Crippen LogP contribution in [0.3, 0.4) is 0 Å². The summed E-state index contributed by atoms with van der Waals surface area (Å²) in [5.74, 6) is -0.561. The molecular weight excluding hydrogens is 196 g/mol. The van der Waals surface area contributed by atoms with Crippen molar-refractivity contribution < 1.29 is 8.78 Å². The fourth-order valence-corrected chi connectivity index (χ4v) is 2.25. The second-order valence-electron chi connectivity index (χ2n) is 4.25. The second kappa shape index (κ2) is 4.27. The number of nitrogens with one attached hydrogen (secondary N) is 1. The smallest absolute Gasteiger partial charge is 0.126 e. The molecule has 1 heterocycles. The average molecular weight is 211 g/mol. The third kappa shape index (κ3) is 2.34. The van der Waals surface area contributed by atoms with Gasteiger partial charge in [0.1, 0.15) is 11.6 Å². The van der Waals surface area contributed by atoms with Crippen LogP contribution in [0.5, 0.6) is 0 Å². The van der Waals surface area contributed by atoms with Crippen molar-refractivity contribution in [3.05, 3.63) is 35.4 Å². The molecule has 1 nitrogen and oxygen atoms in total. The molecule has 2 rings (SSSR count). The SMILES string of the molecule is CC1CCCNC1c1cc(F)cc(F)c1. The number of benzene rings is 1. The Hall–Kier alpha value is -0.960. The van der Waals surface area contributed by atoms with Gasteiger partial charge in [-0.15, -0.1) is 0 Å². The van der Waals surface area contributed by atoms with Gasteiger partial charge >= 0.3 is 0 Å². The molecule has 2 atom stereocenters. The summed E-state index contributed by atoms with van der Waals surface area (Å²) in [6.45, 7) is 3.03. The van der Waals surface area contributed by atoms with E-state index in [-0.39, 0.29) is 6.04 Å². The molecule has 1 aromatic carbocycles. The monoisotopic (exact) mass is 211 g/mol. The van der Waals surface area contributed by atoms with Gasteiger partial charge in [0, 0.05) is 12.1 Å². The molecule has 0 spiro atoms. The minimum absolute atomic E-state index is 0.0870. The zero-order valence-electron chi connectivity index (χ0n) is 8.76. The zero-order valence-corrected chi connectivity index (χ0v) is 8.76. The highest BCUT2D eigenvalue weighted by Crippen LogP contribution is 2.29. The highest BCUT2D eigenvalue weighted by molar-refractivity contribution is 5.22. The van der Waals surface area contributed by atoms with Crippen molar-refractivity contribution in [2.75, 3.05) is 6.54 Å². The van der Waals surface area contributed by atoms with Crippen LogP contribution in [-0.4, -0.2) is 6.54 Å². The zero-order chi connectivity index (χ0) is 10.8. The van der Waals surface area contributed by atoms with E-state index in [2.05, 4.69) is 12.2 Å². The molecule has 2 unspecified atom stereocenters. The van der Waals surface area contributed by atoms with E-state index in [1.807, 2.05) is 0 Å². The second-order valence-corrected chi connectivity index (χ2v) is 4.25. The number of piperidine rings is 1. The molecule has 1 aromatic rings. The van der Waals surface area contributed by atoms with E-state index in [0.29, 0.717) is 5.92 Å². The van der Waals surface area contributed by atoms with E-state index >= 15 is 0 Å². The van der Waals surface area contributed by atoms with E-state index in [4.69, 9.17) is 0 Å². The molecule has 0 aromatic heterocycles. The first-order valence-corrected chi connectivity index (χ1v) is 5.36. The lowest BCUT2D eigenvalue weighted by atomic mass is 9.88. The fourth-order valence-electron chi connectivity index (χ4n) is 2.25. The predicted molar refractivity (Wildman–Crippen MR) is 55.5 cm³/mol. The Bertz CT molecular complexity index is 331. The summed E-state index contributed by atoms with van der Waals surface area (Å²) in [7, 11) is 0. The first kappa shape index (κ1) is 10.6. The maximum Gasteiger partial charge on any atom is 0.126 e. The van der Waals surface area contributed by atoms with Crippen LogP contribution in [0, 0.1) is 17.6 Å². The van der Waals surface area contributed by atoms with Gasteiger partial charge in [0.15, 0.2) is 0 Å². The minimum atomic E-state index is -0.496. The molecule has 0 amide bonds. The summed E-state index contributed by atoms with van der Waals surface area (Å²) in [5, 5.41) is 3.31. The quantitative estimate of drug-likeness (QED) is 0.753. The molecule has 1 N–H and O–H groups in total. The summed E-state index contributed by atoms with van der Waals surface area (Å²) in [6, 6.07) is 3.84. The van der Waals surface area contributed by atoms with Gasteiger partial charge in [-0.3, -0.25) is 0 Å².